The van der Waals surface area contributed by atoms with E-state index in [2.05, 4.69) is 4.90 Å². The van der Waals surface area contributed by atoms with Crippen molar-refractivity contribution in [2.45, 2.75) is 18.9 Å². The maximum atomic E-state index is 10.8. The first-order chi connectivity index (χ1) is 7.72. The molecule has 1 N–H and O–H groups in total. The van der Waals surface area contributed by atoms with Crippen LogP contribution in [0.1, 0.15) is 22.5 Å². The number of methoxy groups -OCH3 is 1. The van der Waals surface area contributed by atoms with Crippen LogP contribution in [0.3, 0.4) is 0 Å². The number of hydrogen-bond donors (Lipinski definition) is 1. The van der Waals surface area contributed by atoms with Gasteiger partial charge in [-0.25, -0.2) is 4.79 Å². The summed E-state index contributed by atoms with van der Waals surface area (Å²) >= 11 is 1.34. The van der Waals surface area contributed by atoms with Crippen LogP contribution in [-0.4, -0.2) is 37.4 Å². The summed E-state index contributed by atoms with van der Waals surface area (Å²) in [5, 5.41) is 9.92. The van der Waals surface area contributed by atoms with Crippen molar-refractivity contribution < 1.29 is 14.6 Å². The molecule has 0 aromatic carbocycles. The molecule has 0 atom stereocenters. The van der Waals surface area contributed by atoms with E-state index in [0.29, 0.717) is 17.5 Å². The molecular weight excluding hydrogens is 226 g/mol. The summed E-state index contributed by atoms with van der Waals surface area (Å²) in [6.07, 6.45) is 2.40. The number of carbonyl (C=O) groups is 1. The molecule has 0 amide bonds. The van der Waals surface area contributed by atoms with Crippen LogP contribution in [0.2, 0.25) is 0 Å². The molecule has 1 fully saturated rings. The number of ether oxygens (including phenoxy) is 1. The molecule has 0 radical (unpaired) electrons. The van der Waals surface area contributed by atoms with Crippen molar-refractivity contribution in [2.24, 2.45) is 0 Å². The predicted octanol–water partition coefficient (Wildman–Crippen LogP) is 2.06. The van der Waals surface area contributed by atoms with Crippen molar-refractivity contribution in [2.75, 3.05) is 25.2 Å². The van der Waals surface area contributed by atoms with E-state index in [1.54, 1.807) is 13.2 Å². The third-order valence-corrected chi connectivity index (χ3v) is 3.72. The molecule has 1 aliphatic rings. The predicted molar refractivity (Wildman–Crippen MR) is 63.5 cm³/mol. The molecule has 1 aromatic rings. The SMILES string of the molecule is COCCN(c1ccc(C(=O)O)s1)C1CC1. The topological polar surface area (TPSA) is 49.8 Å². The van der Waals surface area contributed by atoms with Gasteiger partial charge < -0.3 is 14.7 Å². The molecule has 16 heavy (non-hydrogen) atoms. The Hall–Kier alpha value is -1.07. The zero-order valence-electron chi connectivity index (χ0n) is 9.18. The molecule has 1 aromatic heterocycles. The van der Waals surface area contributed by atoms with E-state index in [-0.39, 0.29) is 0 Å². The molecule has 0 aliphatic heterocycles. The first-order valence-electron chi connectivity index (χ1n) is 5.31. The van der Waals surface area contributed by atoms with Crippen LogP contribution in [0.5, 0.6) is 0 Å². The van der Waals surface area contributed by atoms with Gasteiger partial charge in [-0.15, -0.1) is 11.3 Å². The number of nitrogens with zero attached hydrogens (tertiary/aromatic N) is 1. The van der Waals surface area contributed by atoms with Crippen LogP contribution in [0, 0.1) is 0 Å². The molecule has 88 valence electrons. The standard InChI is InChI=1S/C11H15NO3S/c1-15-7-6-12(8-2-3-8)10-5-4-9(16-10)11(13)14/h4-5,8H,2-3,6-7H2,1H3,(H,13,14). The van der Waals surface area contributed by atoms with E-state index >= 15 is 0 Å². The molecule has 0 spiro atoms. The Morgan fingerprint density at radius 3 is 2.88 bits per heavy atom. The van der Waals surface area contributed by atoms with Gasteiger partial charge in [0.25, 0.3) is 0 Å². The Bertz CT molecular complexity index is 373. The first-order valence-corrected chi connectivity index (χ1v) is 6.12. The average molecular weight is 241 g/mol. The Kier molecular flexibility index (Phi) is 3.46. The normalized spacial score (nSPS) is 15.1. The molecule has 4 nitrogen and oxygen atoms in total. The highest BCUT2D eigenvalue weighted by atomic mass is 32.1. The fraction of sp³-hybridized carbons (Fsp3) is 0.545. The van der Waals surface area contributed by atoms with Gasteiger partial charge in [0, 0.05) is 19.7 Å². The van der Waals surface area contributed by atoms with Crippen molar-refractivity contribution in [3.8, 4) is 0 Å². The highest BCUT2D eigenvalue weighted by Gasteiger charge is 2.30. The lowest BCUT2D eigenvalue weighted by Crippen LogP contribution is -2.28. The summed E-state index contributed by atoms with van der Waals surface area (Å²) in [7, 11) is 1.68. The highest BCUT2D eigenvalue weighted by molar-refractivity contribution is 7.17. The highest BCUT2D eigenvalue weighted by Crippen LogP contribution is 2.35. The van der Waals surface area contributed by atoms with Gasteiger partial charge >= 0.3 is 5.97 Å². The average Bonchev–Trinajstić information content (AvgIpc) is 2.96. The molecule has 1 heterocycles. The van der Waals surface area contributed by atoms with Gasteiger partial charge in [0.2, 0.25) is 0 Å². The van der Waals surface area contributed by atoms with E-state index in [9.17, 15) is 4.79 Å². The quantitative estimate of drug-likeness (QED) is 0.828. The number of anilines is 1. The second kappa shape index (κ2) is 4.84. The molecule has 1 saturated carbocycles. The van der Waals surface area contributed by atoms with E-state index in [0.717, 1.165) is 11.5 Å². The molecule has 2 rings (SSSR count). The number of aromatic carboxylic acids is 1. The smallest absolute Gasteiger partial charge is 0.345 e. The lowest BCUT2D eigenvalue weighted by atomic mass is 10.4. The van der Waals surface area contributed by atoms with Crippen LogP contribution < -0.4 is 4.90 Å². The Morgan fingerprint density at radius 1 is 1.62 bits per heavy atom. The first kappa shape index (κ1) is 11.4. The molecule has 0 unspecified atom stereocenters. The number of rotatable bonds is 6. The van der Waals surface area contributed by atoms with Crippen LogP contribution in [0.15, 0.2) is 12.1 Å². The molecule has 1 aliphatic carbocycles. The maximum absolute atomic E-state index is 10.8. The minimum absolute atomic E-state index is 0.401. The third kappa shape index (κ3) is 2.54. The van der Waals surface area contributed by atoms with Gasteiger partial charge in [-0.3, -0.25) is 0 Å². The fourth-order valence-corrected chi connectivity index (χ4v) is 2.59. The minimum Gasteiger partial charge on any atom is -0.477 e. The summed E-state index contributed by atoms with van der Waals surface area (Å²) in [5.41, 5.74) is 0. The maximum Gasteiger partial charge on any atom is 0.345 e. The third-order valence-electron chi connectivity index (χ3n) is 2.61. The summed E-state index contributed by atoms with van der Waals surface area (Å²) in [6.45, 7) is 1.51. The van der Waals surface area contributed by atoms with Crippen LogP contribution >= 0.6 is 11.3 Å². The monoisotopic (exact) mass is 241 g/mol. The van der Waals surface area contributed by atoms with Crippen molar-refractivity contribution in [3.63, 3.8) is 0 Å². The largest absolute Gasteiger partial charge is 0.477 e. The molecule has 0 bridgehead atoms. The van der Waals surface area contributed by atoms with Gasteiger partial charge in [0.05, 0.1) is 11.6 Å². The van der Waals surface area contributed by atoms with Gasteiger partial charge in [0.1, 0.15) is 4.88 Å². The molecular formula is C11H15NO3S. The lowest BCUT2D eigenvalue weighted by Gasteiger charge is -2.22. The number of carboxylic acids is 1. The second-order valence-electron chi connectivity index (χ2n) is 3.86. The Morgan fingerprint density at radius 2 is 2.38 bits per heavy atom. The number of thiophene rings is 1. The molecule has 5 heteroatoms. The Balaban J connectivity index is 2.08. The van der Waals surface area contributed by atoms with Crippen molar-refractivity contribution >= 4 is 22.3 Å². The number of carboxylic acid groups (broad SMARTS) is 1. The van der Waals surface area contributed by atoms with Gasteiger partial charge in [-0.1, -0.05) is 0 Å². The zero-order valence-corrected chi connectivity index (χ0v) is 10.00. The van der Waals surface area contributed by atoms with Crippen LogP contribution in [0.25, 0.3) is 0 Å². The molecule has 0 saturated heterocycles. The fourth-order valence-electron chi connectivity index (χ4n) is 1.65. The van der Waals surface area contributed by atoms with E-state index in [4.69, 9.17) is 9.84 Å². The van der Waals surface area contributed by atoms with E-state index < -0.39 is 5.97 Å². The van der Waals surface area contributed by atoms with E-state index in [1.165, 1.54) is 24.2 Å². The minimum atomic E-state index is -0.848. The van der Waals surface area contributed by atoms with Crippen LogP contribution in [0.4, 0.5) is 5.00 Å². The van der Waals surface area contributed by atoms with E-state index in [1.807, 2.05) is 6.07 Å². The Labute approximate surface area is 98.4 Å². The van der Waals surface area contributed by atoms with Gasteiger partial charge in [0.15, 0.2) is 0 Å². The number of hydrogen-bond acceptors (Lipinski definition) is 4. The van der Waals surface area contributed by atoms with Crippen molar-refractivity contribution in [1.82, 2.24) is 0 Å². The van der Waals surface area contributed by atoms with Gasteiger partial charge in [-0.2, -0.15) is 0 Å². The summed E-state index contributed by atoms with van der Waals surface area (Å²) in [6, 6.07) is 4.14. The van der Waals surface area contributed by atoms with Crippen LogP contribution in [-0.2, 0) is 4.74 Å². The summed E-state index contributed by atoms with van der Waals surface area (Å²) in [4.78, 5) is 13.5. The summed E-state index contributed by atoms with van der Waals surface area (Å²) < 4.78 is 5.07. The second-order valence-corrected chi connectivity index (χ2v) is 4.92. The van der Waals surface area contributed by atoms with Gasteiger partial charge in [-0.05, 0) is 25.0 Å². The summed E-state index contributed by atoms with van der Waals surface area (Å²) in [5.74, 6) is -0.848. The van der Waals surface area contributed by atoms with Crippen molar-refractivity contribution in [3.05, 3.63) is 17.0 Å². The zero-order chi connectivity index (χ0) is 11.5. The lowest BCUT2D eigenvalue weighted by molar-refractivity contribution is 0.0702. The van der Waals surface area contributed by atoms with Crippen molar-refractivity contribution in [1.29, 1.82) is 0 Å².